The highest BCUT2D eigenvalue weighted by Crippen LogP contribution is 2.46. The van der Waals surface area contributed by atoms with Crippen LogP contribution in [0.25, 0.3) is 11.1 Å². The van der Waals surface area contributed by atoms with Gasteiger partial charge in [-0.05, 0) is 53.8 Å². The molecule has 1 spiro atoms. The number of nitriles is 1. The number of benzene rings is 2. The Labute approximate surface area is 214 Å². The number of para-hydroxylation sites is 1. The lowest BCUT2D eigenvalue weighted by molar-refractivity contribution is -0.135. The number of nitrogens with one attached hydrogen (secondary N) is 1. The maximum atomic E-state index is 14.1. The third-order valence-corrected chi connectivity index (χ3v) is 7.36. The second kappa shape index (κ2) is 9.32. The zero-order valence-electron chi connectivity index (χ0n) is 20.6. The fraction of sp³-hybridized carbons (Fsp3) is 0.310. The standard InChI is InChI=1S/C29H27FN4O3/c1-18(2)14-25(33-13-5-6-22(26(33)35)19-9-11-20(30)12-10-19)27(36)34-17-29(15-21(34)16-31)23-7-3-4-8-24(23)32-28(29)37/h3-13,18,21,25H,14-15,17H2,1-2H3,(H,32,37)/t21-,25+,29-/m0/s1. The number of aromatic nitrogens is 1. The molecule has 1 fully saturated rings. The molecule has 1 N–H and O–H groups in total. The van der Waals surface area contributed by atoms with E-state index in [9.17, 15) is 24.0 Å². The van der Waals surface area contributed by atoms with Gasteiger partial charge in [0.1, 0.15) is 17.9 Å². The van der Waals surface area contributed by atoms with E-state index in [1.54, 1.807) is 18.3 Å². The van der Waals surface area contributed by atoms with Crippen molar-refractivity contribution < 1.29 is 14.0 Å². The van der Waals surface area contributed by atoms with Gasteiger partial charge in [-0.25, -0.2) is 4.39 Å². The average molecular weight is 499 g/mol. The van der Waals surface area contributed by atoms with Crippen molar-refractivity contribution >= 4 is 17.5 Å². The van der Waals surface area contributed by atoms with Crippen molar-refractivity contribution in [3.8, 4) is 17.2 Å². The first kappa shape index (κ1) is 24.4. The molecule has 2 aliphatic rings. The summed E-state index contributed by atoms with van der Waals surface area (Å²) in [6, 6.07) is 16.9. The Balaban J connectivity index is 1.54. The number of nitrogens with zero attached hydrogens (tertiary/aromatic N) is 3. The molecule has 2 amide bonds. The van der Waals surface area contributed by atoms with E-state index < -0.39 is 23.3 Å². The van der Waals surface area contributed by atoms with E-state index in [2.05, 4.69) is 11.4 Å². The molecule has 7 nitrogen and oxygen atoms in total. The lowest BCUT2D eigenvalue weighted by Gasteiger charge is -2.29. The number of likely N-dealkylation sites (tertiary alicyclic amines) is 1. The van der Waals surface area contributed by atoms with E-state index in [-0.39, 0.29) is 36.3 Å². The summed E-state index contributed by atoms with van der Waals surface area (Å²) in [6.07, 6.45) is 2.14. The smallest absolute Gasteiger partial charge is 0.259 e. The minimum atomic E-state index is -1.00. The molecule has 3 heterocycles. The fourth-order valence-corrected chi connectivity index (χ4v) is 5.56. The van der Waals surface area contributed by atoms with Crippen LogP contribution in [0.1, 0.15) is 38.3 Å². The van der Waals surface area contributed by atoms with Crippen molar-refractivity contribution in [3.63, 3.8) is 0 Å². The minimum Gasteiger partial charge on any atom is -0.325 e. The Bertz CT molecular complexity index is 1470. The number of amides is 2. The summed E-state index contributed by atoms with van der Waals surface area (Å²) in [5.41, 5.74) is 0.996. The largest absolute Gasteiger partial charge is 0.325 e. The summed E-state index contributed by atoms with van der Waals surface area (Å²) in [4.78, 5) is 42.3. The van der Waals surface area contributed by atoms with Gasteiger partial charge in [0.05, 0.1) is 11.5 Å². The van der Waals surface area contributed by atoms with Crippen molar-refractivity contribution in [3.05, 3.63) is 88.6 Å². The maximum Gasteiger partial charge on any atom is 0.259 e. The number of carbonyl (C=O) groups is 2. The second-order valence-electron chi connectivity index (χ2n) is 10.2. The number of halogens is 1. The molecule has 0 saturated carbocycles. The number of hydrogen-bond donors (Lipinski definition) is 1. The Morgan fingerprint density at radius 1 is 1.14 bits per heavy atom. The number of pyridine rings is 1. The Kier molecular flexibility index (Phi) is 6.16. The lowest BCUT2D eigenvalue weighted by atomic mass is 9.80. The van der Waals surface area contributed by atoms with Gasteiger partial charge in [0, 0.05) is 30.4 Å². The summed E-state index contributed by atoms with van der Waals surface area (Å²) in [6.45, 7) is 3.99. The fourth-order valence-electron chi connectivity index (χ4n) is 5.56. The average Bonchev–Trinajstić information content (AvgIpc) is 3.41. The first-order chi connectivity index (χ1) is 17.7. The zero-order valence-corrected chi connectivity index (χ0v) is 20.6. The Hall–Kier alpha value is -4.25. The lowest BCUT2D eigenvalue weighted by Crippen LogP contribution is -2.45. The van der Waals surface area contributed by atoms with Crippen molar-refractivity contribution in [2.45, 2.75) is 44.2 Å². The van der Waals surface area contributed by atoms with E-state index in [4.69, 9.17) is 0 Å². The van der Waals surface area contributed by atoms with E-state index in [1.807, 2.05) is 38.1 Å². The van der Waals surface area contributed by atoms with Crippen LogP contribution in [-0.2, 0) is 15.0 Å². The molecule has 0 bridgehead atoms. The van der Waals surface area contributed by atoms with Crippen LogP contribution in [0.4, 0.5) is 10.1 Å². The van der Waals surface area contributed by atoms with Crippen molar-refractivity contribution in [1.29, 1.82) is 5.26 Å². The van der Waals surface area contributed by atoms with Crippen LogP contribution in [0.15, 0.2) is 71.7 Å². The maximum absolute atomic E-state index is 14.1. The highest BCUT2D eigenvalue weighted by atomic mass is 19.1. The molecular formula is C29H27FN4O3. The molecule has 188 valence electrons. The van der Waals surface area contributed by atoms with Gasteiger partial charge < -0.3 is 14.8 Å². The van der Waals surface area contributed by atoms with Crippen molar-refractivity contribution in [2.24, 2.45) is 5.92 Å². The number of fused-ring (bicyclic) bond motifs is 2. The highest BCUT2D eigenvalue weighted by molar-refractivity contribution is 6.07. The third-order valence-electron chi connectivity index (χ3n) is 7.36. The predicted molar refractivity (Wildman–Crippen MR) is 137 cm³/mol. The summed E-state index contributed by atoms with van der Waals surface area (Å²) in [5.74, 6) is -0.924. The minimum absolute atomic E-state index is 0.0634. The van der Waals surface area contributed by atoms with Gasteiger partial charge in [-0.2, -0.15) is 5.26 Å². The van der Waals surface area contributed by atoms with Gasteiger partial charge in [-0.3, -0.25) is 14.4 Å². The molecule has 3 aromatic rings. The number of hydrogen-bond acceptors (Lipinski definition) is 4. The number of rotatable bonds is 5. The molecule has 0 aliphatic carbocycles. The van der Waals surface area contributed by atoms with Gasteiger partial charge in [-0.15, -0.1) is 0 Å². The molecule has 2 aromatic carbocycles. The Morgan fingerprint density at radius 2 is 1.86 bits per heavy atom. The van der Waals surface area contributed by atoms with Crippen molar-refractivity contribution in [1.82, 2.24) is 9.47 Å². The van der Waals surface area contributed by atoms with Gasteiger partial charge in [0.25, 0.3) is 5.56 Å². The molecule has 0 unspecified atom stereocenters. The van der Waals surface area contributed by atoms with Gasteiger partial charge in [0.15, 0.2) is 0 Å². The second-order valence-corrected chi connectivity index (χ2v) is 10.2. The molecule has 8 heteroatoms. The van der Waals surface area contributed by atoms with Crippen LogP contribution >= 0.6 is 0 Å². The first-order valence-electron chi connectivity index (χ1n) is 12.3. The van der Waals surface area contributed by atoms with Gasteiger partial charge in [0.2, 0.25) is 11.8 Å². The van der Waals surface area contributed by atoms with Gasteiger partial charge >= 0.3 is 0 Å². The van der Waals surface area contributed by atoms with Gasteiger partial charge in [-0.1, -0.05) is 44.2 Å². The SMILES string of the molecule is CC(C)C[C@H](C(=O)N1C[C@]2(C[C@H]1C#N)C(=O)Nc1ccccc12)n1cccc(-c2ccc(F)cc2)c1=O. The van der Waals surface area contributed by atoms with Crippen LogP contribution in [0, 0.1) is 23.1 Å². The van der Waals surface area contributed by atoms with E-state index in [0.29, 0.717) is 23.2 Å². The van der Waals surface area contributed by atoms with Crippen LogP contribution in [0.3, 0.4) is 0 Å². The molecule has 3 atom stereocenters. The van der Waals surface area contributed by atoms with Crippen LogP contribution in [0.5, 0.6) is 0 Å². The summed E-state index contributed by atoms with van der Waals surface area (Å²) >= 11 is 0. The summed E-state index contributed by atoms with van der Waals surface area (Å²) < 4.78 is 14.9. The quantitative estimate of drug-likeness (QED) is 0.569. The highest BCUT2D eigenvalue weighted by Gasteiger charge is 2.56. The summed E-state index contributed by atoms with van der Waals surface area (Å²) in [5, 5.41) is 12.9. The van der Waals surface area contributed by atoms with Crippen LogP contribution in [-0.4, -0.2) is 33.9 Å². The molecule has 1 aromatic heterocycles. The molecule has 37 heavy (non-hydrogen) atoms. The topological polar surface area (TPSA) is 95.2 Å². The first-order valence-corrected chi connectivity index (χ1v) is 12.3. The van der Waals surface area contributed by atoms with E-state index in [0.717, 1.165) is 5.56 Å². The zero-order chi connectivity index (χ0) is 26.3. The molecule has 0 radical (unpaired) electrons. The van der Waals surface area contributed by atoms with Crippen molar-refractivity contribution in [2.75, 3.05) is 11.9 Å². The molecule has 1 saturated heterocycles. The summed E-state index contributed by atoms with van der Waals surface area (Å²) in [7, 11) is 0. The normalized spacial score (nSPS) is 21.1. The van der Waals surface area contributed by atoms with E-state index in [1.165, 1.54) is 33.7 Å². The molecule has 5 rings (SSSR count). The Morgan fingerprint density at radius 3 is 2.57 bits per heavy atom. The van der Waals surface area contributed by atoms with Crippen LogP contribution < -0.4 is 10.9 Å². The third kappa shape index (κ3) is 4.10. The van der Waals surface area contributed by atoms with Crippen LogP contribution in [0.2, 0.25) is 0 Å². The number of anilines is 1. The van der Waals surface area contributed by atoms with E-state index >= 15 is 0 Å². The molecular weight excluding hydrogens is 471 g/mol. The monoisotopic (exact) mass is 498 g/mol. The predicted octanol–water partition coefficient (Wildman–Crippen LogP) is 4.26. The number of carbonyl (C=O) groups excluding carboxylic acids is 2. The molecule has 2 aliphatic heterocycles.